The van der Waals surface area contributed by atoms with Crippen molar-refractivity contribution in [1.82, 2.24) is 4.72 Å². The smallest absolute Gasteiger partial charge is 0.211 e. The predicted octanol–water partition coefficient (Wildman–Crippen LogP) is 1.48. The van der Waals surface area contributed by atoms with Gasteiger partial charge in [0.2, 0.25) is 10.0 Å². The first-order valence-electron chi connectivity index (χ1n) is 6.18. The molecule has 6 heteroatoms. The van der Waals surface area contributed by atoms with Crippen molar-refractivity contribution in [3.63, 3.8) is 0 Å². The third kappa shape index (κ3) is 5.12. The van der Waals surface area contributed by atoms with Gasteiger partial charge in [0, 0.05) is 24.4 Å². The molecule has 1 fully saturated rings. The van der Waals surface area contributed by atoms with Crippen LogP contribution in [0, 0.1) is 5.41 Å². The van der Waals surface area contributed by atoms with Crippen molar-refractivity contribution >= 4 is 21.6 Å². The third-order valence-corrected chi connectivity index (χ3v) is 5.14. The summed E-state index contributed by atoms with van der Waals surface area (Å²) in [7, 11) is -3.24. The minimum Gasteiger partial charge on any atom is -0.396 e. The lowest BCUT2D eigenvalue weighted by Gasteiger charge is -2.35. The quantitative estimate of drug-likeness (QED) is 0.696. The van der Waals surface area contributed by atoms with Gasteiger partial charge in [-0.3, -0.25) is 0 Å². The second-order valence-electron chi connectivity index (χ2n) is 4.90. The molecule has 0 aliphatic heterocycles. The normalized spacial score (nSPS) is 20.4. The van der Waals surface area contributed by atoms with Crippen LogP contribution in [0.3, 0.4) is 0 Å². The van der Waals surface area contributed by atoms with Gasteiger partial charge >= 0.3 is 0 Å². The summed E-state index contributed by atoms with van der Waals surface area (Å²) in [5.41, 5.74) is -0.244. The topological polar surface area (TPSA) is 66.4 Å². The molecule has 1 aliphatic carbocycles. The Bertz CT molecular complexity index is 313. The molecule has 0 bridgehead atoms. The first-order valence-corrected chi connectivity index (χ1v) is 8.36. The van der Waals surface area contributed by atoms with Gasteiger partial charge in [0.25, 0.3) is 0 Å². The fourth-order valence-electron chi connectivity index (χ4n) is 2.27. The van der Waals surface area contributed by atoms with E-state index in [1.165, 1.54) is 6.42 Å². The van der Waals surface area contributed by atoms with Crippen molar-refractivity contribution in [3.8, 4) is 0 Å². The lowest BCUT2D eigenvalue weighted by molar-refractivity contribution is 0.0867. The van der Waals surface area contributed by atoms with E-state index in [1.807, 2.05) is 0 Å². The van der Waals surface area contributed by atoms with Crippen LogP contribution in [0.15, 0.2) is 0 Å². The van der Waals surface area contributed by atoms with Crippen LogP contribution in [0.5, 0.6) is 0 Å². The largest absolute Gasteiger partial charge is 0.396 e. The first-order chi connectivity index (χ1) is 8.04. The monoisotopic (exact) mass is 283 g/mol. The zero-order chi connectivity index (χ0) is 12.8. The van der Waals surface area contributed by atoms with Gasteiger partial charge < -0.3 is 5.11 Å². The van der Waals surface area contributed by atoms with Crippen LogP contribution in [0.1, 0.15) is 38.5 Å². The molecule has 0 aromatic rings. The van der Waals surface area contributed by atoms with Gasteiger partial charge in [-0.25, -0.2) is 13.1 Å². The average molecular weight is 284 g/mol. The number of nitrogens with one attached hydrogen (secondary N) is 1. The SMILES string of the molecule is O=S(=O)(CCCCl)NCC1(CO)CCCCC1. The van der Waals surface area contributed by atoms with Crippen molar-refractivity contribution in [3.05, 3.63) is 0 Å². The number of sulfonamides is 1. The Labute approximate surface area is 109 Å². The number of hydrogen-bond donors (Lipinski definition) is 2. The summed E-state index contributed by atoms with van der Waals surface area (Å²) in [4.78, 5) is 0. The number of aliphatic hydroxyl groups excluding tert-OH is 1. The highest BCUT2D eigenvalue weighted by atomic mass is 35.5. The van der Waals surface area contributed by atoms with Gasteiger partial charge in [-0.1, -0.05) is 19.3 Å². The molecule has 0 spiro atoms. The van der Waals surface area contributed by atoms with E-state index < -0.39 is 10.0 Å². The molecule has 1 aliphatic rings. The van der Waals surface area contributed by atoms with E-state index in [-0.39, 0.29) is 17.8 Å². The third-order valence-electron chi connectivity index (χ3n) is 3.46. The molecule has 0 saturated heterocycles. The summed E-state index contributed by atoms with van der Waals surface area (Å²) in [6.07, 6.45) is 5.60. The van der Waals surface area contributed by atoms with Gasteiger partial charge in [0.05, 0.1) is 5.75 Å². The van der Waals surface area contributed by atoms with E-state index in [4.69, 9.17) is 11.6 Å². The Morgan fingerprint density at radius 2 is 1.88 bits per heavy atom. The summed E-state index contributed by atoms with van der Waals surface area (Å²) in [6.45, 7) is 0.416. The van der Waals surface area contributed by atoms with Crippen LogP contribution >= 0.6 is 11.6 Å². The van der Waals surface area contributed by atoms with E-state index in [2.05, 4.69) is 4.72 Å². The molecule has 1 rings (SSSR count). The second kappa shape index (κ2) is 6.92. The highest BCUT2D eigenvalue weighted by Gasteiger charge is 2.32. The molecule has 0 aromatic carbocycles. The molecular weight excluding hydrogens is 262 g/mol. The minimum absolute atomic E-state index is 0.0605. The van der Waals surface area contributed by atoms with Crippen LogP contribution in [-0.2, 0) is 10.0 Å². The molecule has 0 unspecified atom stereocenters. The van der Waals surface area contributed by atoms with Crippen molar-refractivity contribution < 1.29 is 13.5 Å². The van der Waals surface area contributed by atoms with E-state index >= 15 is 0 Å². The fourth-order valence-corrected chi connectivity index (χ4v) is 3.76. The standard InChI is InChI=1S/C11H22ClNO3S/c12-7-4-8-17(15,16)13-9-11(10-14)5-2-1-3-6-11/h13-14H,1-10H2. The van der Waals surface area contributed by atoms with Crippen LogP contribution in [0.2, 0.25) is 0 Å². The van der Waals surface area contributed by atoms with Crippen molar-refractivity contribution in [2.75, 3.05) is 24.8 Å². The van der Waals surface area contributed by atoms with Crippen LogP contribution in [0.25, 0.3) is 0 Å². The second-order valence-corrected chi connectivity index (χ2v) is 7.21. The summed E-state index contributed by atoms with van der Waals surface area (Å²) in [5, 5.41) is 9.46. The number of aliphatic hydroxyl groups is 1. The van der Waals surface area contributed by atoms with E-state index in [1.54, 1.807) is 0 Å². The molecule has 0 amide bonds. The number of halogens is 1. The Hall–Kier alpha value is 0.160. The number of hydrogen-bond acceptors (Lipinski definition) is 3. The molecule has 102 valence electrons. The highest BCUT2D eigenvalue weighted by Crippen LogP contribution is 2.35. The van der Waals surface area contributed by atoms with Crippen molar-refractivity contribution in [1.29, 1.82) is 0 Å². The molecule has 1 saturated carbocycles. The lowest BCUT2D eigenvalue weighted by Crippen LogP contribution is -2.42. The number of alkyl halides is 1. The zero-order valence-electron chi connectivity index (χ0n) is 10.1. The minimum atomic E-state index is -3.24. The maximum atomic E-state index is 11.6. The summed E-state index contributed by atoms with van der Waals surface area (Å²) < 4.78 is 25.9. The molecule has 17 heavy (non-hydrogen) atoms. The van der Waals surface area contributed by atoms with Crippen LogP contribution in [0.4, 0.5) is 0 Å². The maximum Gasteiger partial charge on any atom is 0.211 e. The Kier molecular flexibility index (Phi) is 6.20. The van der Waals surface area contributed by atoms with E-state index in [0.717, 1.165) is 25.7 Å². The summed E-state index contributed by atoms with van der Waals surface area (Å²) in [5.74, 6) is 0.421. The van der Waals surface area contributed by atoms with Gasteiger partial charge in [0.1, 0.15) is 0 Å². The van der Waals surface area contributed by atoms with E-state index in [9.17, 15) is 13.5 Å². The van der Waals surface area contributed by atoms with Crippen LogP contribution < -0.4 is 4.72 Å². The van der Waals surface area contributed by atoms with Gasteiger partial charge in [0.15, 0.2) is 0 Å². The lowest BCUT2D eigenvalue weighted by atomic mass is 9.75. The average Bonchev–Trinajstić information content (AvgIpc) is 2.35. The molecule has 0 atom stereocenters. The molecule has 0 heterocycles. The Morgan fingerprint density at radius 1 is 1.24 bits per heavy atom. The summed E-state index contributed by atoms with van der Waals surface area (Å²) >= 11 is 5.48. The van der Waals surface area contributed by atoms with Gasteiger partial charge in [-0.2, -0.15) is 0 Å². The maximum absolute atomic E-state index is 11.6. The fraction of sp³-hybridized carbons (Fsp3) is 1.00. The van der Waals surface area contributed by atoms with Crippen LogP contribution in [-0.4, -0.2) is 38.3 Å². The first kappa shape index (κ1) is 15.2. The van der Waals surface area contributed by atoms with Gasteiger partial charge in [-0.15, -0.1) is 11.6 Å². The highest BCUT2D eigenvalue weighted by molar-refractivity contribution is 7.89. The predicted molar refractivity (Wildman–Crippen MR) is 69.7 cm³/mol. The molecular formula is C11H22ClNO3S. The van der Waals surface area contributed by atoms with Crippen molar-refractivity contribution in [2.45, 2.75) is 38.5 Å². The Morgan fingerprint density at radius 3 is 2.41 bits per heavy atom. The number of rotatable bonds is 7. The molecule has 2 N–H and O–H groups in total. The Balaban J connectivity index is 2.46. The molecule has 0 aromatic heterocycles. The molecule has 4 nitrogen and oxygen atoms in total. The van der Waals surface area contributed by atoms with E-state index in [0.29, 0.717) is 18.8 Å². The zero-order valence-corrected chi connectivity index (χ0v) is 11.7. The summed E-state index contributed by atoms with van der Waals surface area (Å²) in [6, 6.07) is 0. The molecule has 0 radical (unpaired) electrons. The van der Waals surface area contributed by atoms with Crippen molar-refractivity contribution in [2.24, 2.45) is 5.41 Å². The van der Waals surface area contributed by atoms with Gasteiger partial charge in [-0.05, 0) is 19.3 Å².